The zero-order chi connectivity index (χ0) is 21.2. The van der Waals surface area contributed by atoms with Gasteiger partial charge in [-0.2, -0.15) is 0 Å². The molecule has 1 atom stereocenters. The monoisotopic (exact) mass is 410 g/mol. The Bertz CT molecular complexity index is 778. The van der Waals surface area contributed by atoms with E-state index in [2.05, 4.69) is 51.7 Å². The minimum Gasteiger partial charge on any atom is -0.497 e. The zero-order valence-corrected chi connectivity index (χ0v) is 18.1. The normalized spacial score (nSPS) is 15.2. The molecule has 1 saturated heterocycles. The molecule has 2 aromatic carbocycles. The van der Waals surface area contributed by atoms with Crippen LogP contribution in [0.15, 0.2) is 54.6 Å². The molecule has 0 aliphatic carbocycles. The van der Waals surface area contributed by atoms with Gasteiger partial charge >= 0.3 is 6.03 Å². The third-order valence-electron chi connectivity index (χ3n) is 5.59. The Hall–Kier alpha value is -2.57. The lowest BCUT2D eigenvalue weighted by molar-refractivity contribution is 0.219. The second-order valence-electron chi connectivity index (χ2n) is 7.90. The molecule has 0 spiro atoms. The molecule has 30 heavy (non-hydrogen) atoms. The van der Waals surface area contributed by atoms with Crippen molar-refractivity contribution in [3.63, 3.8) is 0 Å². The van der Waals surface area contributed by atoms with Gasteiger partial charge in [0, 0.05) is 26.2 Å². The van der Waals surface area contributed by atoms with E-state index in [0.717, 1.165) is 31.9 Å². The number of hydrogen-bond donors (Lipinski definition) is 2. The van der Waals surface area contributed by atoms with Crippen molar-refractivity contribution in [2.24, 2.45) is 0 Å². The van der Waals surface area contributed by atoms with Crippen LogP contribution >= 0.6 is 0 Å². The molecular weight excluding hydrogens is 376 g/mol. The highest BCUT2D eigenvalue weighted by Gasteiger charge is 2.24. The molecule has 2 amide bonds. The molecular formula is C24H34N4O2. The van der Waals surface area contributed by atoms with Gasteiger partial charge < -0.3 is 20.3 Å². The molecule has 6 nitrogen and oxygen atoms in total. The van der Waals surface area contributed by atoms with E-state index in [9.17, 15) is 4.79 Å². The summed E-state index contributed by atoms with van der Waals surface area (Å²) in [5.41, 5.74) is 2.45. The van der Waals surface area contributed by atoms with Crippen LogP contribution in [0, 0.1) is 0 Å². The Morgan fingerprint density at radius 2 is 1.87 bits per heavy atom. The van der Waals surface area contributed by atoms with Crippen molar-refractivity contribution >= 4 is 6.03 Å². The predicted molar refractivity (Wildman–Crippen MR) is 121 cm³/mol. The van der Waals surface area contributed by atoms with E-state index in [1.807, 2.05) is 30.3 Å². The lowest BCUT2D eigenvalue weighted by atomic mass is 10.1. The third-order valence-corrected chi connectivity index (χ3v) is 5.59. The first-order valence-electron chi connectivity index (χ1n) is 10.8. The van der Waals surface area contributed by atoms with E-state index in [4.69, 9.17) is 4.74 Å². The largest absolute Gasteiger partial charge is 0.497 e. The van der Waals surface area contributed by atoms with Crippen molar-refractivity contribution in [2.75, 3.05) is 46.9 Å². The van der Waals surface area contributed by atoms with Gasteiger partial charge in [0.25, 0.3) is 0 Å². The zero-order valence-electron chi connectivity index (χ0n) is 18.1. The summed E-state index contributed by atoms with van der Waals surface area (Å²) < 4.78 is 5.39. The quantitative estimate of drug-likeness (QED) is 0.631. The Kier molecular flexibility index (Phi) is 8.53. The summed E-state index contributed by atoms with van der Waals surface area (Å²) in [7, 11) is 3.75. The average molecular weight is 411 g/mol. The van der Waals surface area contributed by atoms with E-state index in [1.54, 1.807) is 7.11 Å². The van der Waals surface area contributed by atoms with Gasteiger partial charge in [-0.15, -0.1) is 0 Å². The Balaban J connectivity index is 1.45. The van der Waals surface area contributed by atoms with Crippen LogP contribution in [0.3, 0.4) is 0 Å². The van der Waals surface area contributed by atoms with E-state index in [1.165, 1.54) is 24.0 Å². The fourth-order valence-electron chi connectivity index (χ4n) is 3.95. The first kappa shape index (κ1) is 22.1. The van der Waals surface area contributed by atoms with Crippen molar-refractivity contribution in [3.05, 3.63) is 65.7 Å². The van der Waals surface area contributed by atoms with Crippen LogP contribution in [0.25, 0.3) is 0 Å². The number of carbonyl (C=O) groups is 1. The first-order valence-corrected chi connectivity index (χ1v) is 10.8. The Labute approximate surface area is 180 Å². The Morgan fingerprint density at radius 3 is 2.60 bits per heavy atom. The number of amides is 2. The number of nitrogens with one attached hydrogen (secondary N) is 2. The maximum Gasteiger partial charge on any atom is 0.314 e. The molecule has 2 N–H and O–H groups in total. The topological polar surface area (TPSA) is 56.8 Å². The number of urea groups is 1. The molecule has 1 aliphatic heterocycles. The highest BCUT2D eigenvalue weighted by Crippen LogP contribution is 2.27. The minimum atomic E-state index is -0.116. The number of likely N-dealkylation sites (N-methyl/N-ethyl adjacent to an activating group) is 1. The van der Waals surface area contributed by atoms with Crippen LogP contribution in [-0.2, 0) is 6.54 Å². The number of benzene rings is 2. The second-order valence-corrected chi connectivity index (χ2v) is 7.90. The number of methoxy groups -OCH3 is 1. The minimum absolute atomic E-state index is 0.116. The lowest BCUT2D eigenvalue weighted by Gasteiger charge is -2.28. The lowest BCUT2D eigenvalue weighted by Crippen LogP contribution is -2.43. The van der Waals surface area contributed by atoms with Crippen molar-refractivity contribution in [2.45, 2.75) is 25.4 Å². The van der Waals surface area contributed by atoms with E-state index < -0.39 is 0 Å². The molecule has 2 aromatic rings. The smallest absolute Gasteiger partial charge is 0.314 e. The Morgan fingerprint density at radius 1 is 1.10 bits per heavy atom. The summed E-state index contributed by atoms with van der Waals surface area (Å²) >= 11 is 0. The number of carbonyl (C=O) groups excluding carboxylic acids is 1. The molecule has 0 aromatic heterocycles. The molecule has 1 aliphatic rings. The molecule has 1 heterocycles. The number of hydrogen-bond acceptors (Lipinski definition) is 4. The van der Waals surface area contributed by atoms with Crippen LogP contribution in [0.4, 0.5) is 4.79 Å². The number of nitrogens with zero attached hydrogens (tertiary/aromatic N) is 2. The molecule has 0 bridgehead atoms. The van der Waals surface area contributed by atoms with Gasteiger partial charge in [0.05, 0.1) is 13.2 Å². The first-order chi connectivity index (χ1) is 14.7. The fourth-order valence-corrected chi connectivity index (χ4v) is 3.95. The van der Waals surface area contributed by atoms with Gasteiger partial charge in [-0.25, -0.2) is 4.79 Å². The van der Waals surface area contributed by atoms with Gasteiger partial charge in [-0.3, -0.25) is 4.90 Å². The maximum atomic E-state index is 12.4. The standard InChI is InChI=1S/C24H34N4O2/c1-27(19-20-9-4-3-5-10-20)16-13-25-24(29)26-18-23(28-14-6-7-15-28)21-11-8-12-22(17-21)30-2/h3-5,8-12,17,23H,6-7,13-16,18-19H2,1-2H3,(H2,25,26,29). The summed E-state index contributed by atoms with van der Waals surface area (Å²) in [6, 6.07) is 18.6. The van der Waals surface area contributed by atoms with Crippen LogP contribution in [0.5, 0.6) is 5.75 Å². The molecule has 3 rings (SSSR count). The van der Waals surface area contributed by atoms with Gasteiger partial charge in [-0.05, 0) is 56.2 Å². The predicted octanol–water partition coefficient (Wildman–Crippen LogP) is 3.26. The van der Waals surface area contributed by atoms with Crippen LogP contribution in [-0.4, -0.2) is 62.7 Å². The average Bonchev–Trinajstić information content (AvgIpc) is 3.29. The summed E-state index contributed by atoms with van der Waals surface area (Å²) in [5, 5.41) is 6.05. The van der Waals surface area contributed by atoms with E-state index >= 15 is 0 Å². The molecule has 0 saturated carbocycles. The van der Waals surface area contributed by atoms with Crippen molar-refractivity contribution < 1.29 is 9.53 Å². The summed E-state index contributed by atoms with van der Waals surface area (Å²) in [5.74, 6) is 0.850. The van der Waals surface area contributed by atoms with Crippen LogP contribution in [0.2, 0.25) is 0 Å². The summed E-state index contributed by atoms with van der Waals surface area (Å²) in [6.07, 6.45) is 2.42. The molecule has 1 fully saturated rings. The molecule has 0 radical (unpaired) electrons. The van der Waals surface area contributed by atoms with Crippen molar-refractivity contribution in [3.8, 4) is 5.75 Å². The SMILES string of the molecule is COc1cccc(C(CNC(=O)NCCN(C)Cc2ccccc2)N2CCCC2)c1. The third kappa shape index (κ3) is 6.75. The van der Waals surface area contributed by atoms with E-state index in [-0.39, 0.29) is 12.1 Å². The van der Waals surface area contributed by atoms with Crippen molar-refractivity contribution in [1.82, 2.24) is 20.4 Å². The summed E-state index contributed by atoms with van der Waals surface area (Å²) in [4.78, 5) is 17.0. The van der Waals surface area contributed by atoms with Gasteiger partial charge in [-0.1, -0.05) is 42.5 Å². The number of rotatable bonds is 10. The molecule has 6 heteroatoms. The molecule has 1 unspecified atom stereocenters. The van der Waals surface area contributed by atoms with Gasteiger partial charge in [0.2, 0.25) is 0 Å². The number of ether oxygens (including phenoxy) is 1. The molecule has 162 valence electrons. The van der Waals surface area contributed by atoms with Crippen LogP contribution in [0.1, 0.15) is 30.0 Å². The maximum absolute atomic E-state index is 12.4. The van der Waals surface area contributed by atoms with Crippen molar-refractivity contribution in [1.29, 1.82) is 0 Å². The van der Waals surface area contributed by atoms with Crippen LogP contribution < -0.4 is 15.4 Å². The highest BCUT2D eigenvalue weighted by atomic mass is 16.5. The van der Waals surface area contributed by atoms with E-state index in [0.29, 0.717) is 13.1 Å². The number of likely N-dealkylation sites (tertiary alicyclic amines) is 1. The fraction of sp³-hybridized carbons (Fsp3) is 0.458. The second kappa shape index (κ2) is 11.6. The van der Waals surface area contributed by atoms with Gasteiger partial charge in [0.15, 0.2) is 0 Å². The van der Waals surface area contributed by atoms with Gasteiger partial charge in [0.1, 0.15) is 5.75 Å². The summed E-state index contributed by atoms with van der Waals surface area (Å²) in [6.45, 7) is 5.00. The highest BCUT2D eigenvalue weighted by molar-refractivity contribution is 5.73.